The highest BCUT2D eigenvalue weighted by Crippen LogP contribution is 2.04. The van der Waals surface area contributed by atoms with Crippen LogP contribution in [0.4, 0.5) is 4.79 Å². The number of rotatable bonds is 9. The molecule has 8 heteroatoms. The summed E-state index contributed by atoms with van der Waals surface area (Å²) in [7, 11) is 0. The number of nitrogens with zero attached hydrogens (tertiary/aromatic N) is 1. The van der Waals surface area contributed by atoms with Gasteiger partial charge < -0.3 is 20.1 Å². The number of hydrogen-bond acceptors (Lipinski definition) is 6. The molecule has 1 heterocycles. The Bertz CT molecular complexity index is 768. The second kappa shape index (κ2) is 11.3. The van der Waals surface area contributed by atoms with Crippen LogP contribution in [-0.4, -0.2) is 42.1 Å². The summed E-state index contributed by atoms with van der Waals surface area (Å²) in [5, 5.41) is 4.92. The van der Waals surface area contributed by atoms with Crippen molar-refractivity contribution in [2.45, 2.75) is 26.0 Å². The molecule has 2 N–H and O–H groups in total. The SMILES string of the molecule is CCOC(=O)C(Cc1cccnc1)NC(=O)CNC(=O)OCc1ccccc1. The normalized spacial score (nSPS) is 11.2. The number of esters is 1. The molecule has 148 valence electrons. The summed E-state index contributed by atoms with van der Waals surface area (Å²) in [6.07, 6.45) is 2.74. The van der Waals surface area contributed by atoms with E-state index < -0.39 is 24.0 Å². The van der Waals surface area contributed by atoms with Crippen molar-refractivity contribution in [1.29, 1.82) is 0 Å². The predicted molar refractivity (Wildman–Crippen MR) is 101 cm³/mol. The van der Waals surface area contributed by atoms with Crippen LogP contribution in [0.3, 0.4) is 0 Å². The first kappa shape index (κ1) is 20.9. The Labute approximate surface area is 163 Å². The molecule has 0 radical (unpaired) electrons. The van der Waals surface area contributed by atoms with Crippen LogP contribution in [0.2, 0.25) is 0 Å². The summed E-state index contributed by atoms with van der Waals surface area (Å²) < 4.78 is 10.0. The van der Waals surface area contributed by atoms with Gasteiger partial charge in [-0.2, -0.15) is 0 Å². The summed E-state index contributed by atoms with van der Waals surface area (Å²) in [5.74, 6) is -1.08. The van der Waals surface area contributed by atoms with Crippen LogP contribution in [-0.2, 0) is 32.1 Å². The Morgan fingerprint density at radius 3 is 2.46 bits per heavy atom. The summed E-state index contributed by atoms with van der Waals surface area (Å²) >= 11 is 0. The van der Waals surface area contributed by atoms with Gasteiger partial charge in [-0.1, -0.05) is 36.4 Å². The highest BCUT2D eigenvalue weighted by molar-refractivity contribution is 5.87. The highest BCUT2D eigenvalue weighted by Gasteiger charge is 2.22. The van der Waals surface area contributed by atoms with Gasteiger partial charge in [-0.25, -0.2) is 9.59 Å². The van der Waals surface area contributed by atoms with Crippen LogP contribution in [0.1, 0.15) is 18.1 Å². The molecule has 0 saturated carbocycles. The summed E-state index contributed by atoms with van der Waals surface area (Å²) in [4.78, 5) is 39.9. The van der Waals surface area contributed by atoms with E-state index in [1.54, 1.807) is 31.5 Å². The van der Waals surface area contributed by atoms with Crippen molar-refractivity contribution in [2.75, 3.05) is 13.2 Å². The van der Waals surface area contributed by atoms with Gasteiger partial charge in [0.25, 0.3) is 0 Å². The predicted octanol–water partition coefficient (Wildman–Crippen LogP) is 1.60. The standard InChI is InChI=1S/C20H23N3O5/c1-2-27-19(25)17(11-16-9-6-10-21-12-16)23-18(24)13-22-20(26)28-14-15-7-4-3-5-8-15/h3-10,12,17H,2,11,13-14H2,1H3,(H,22,26)(H,23,24). The smallest absolute Gasteiger partial charge is 0.407 e. The van der Waals surface area contributed by atoms with E-state index in [2.05, 4.69) is 15.6 Å². The van der Waals surface area contributed by atoms with Gasteiger partial charge in [0.05, 0.1) is 6.61 Å². The zero-order valence-corrected chi connectivity index (χ0v) is 15.6. The third-order valence-electron chi connectivity index (χ3n) is 3.67. The maximum absolute atomic E-state index is 12.1. The van der Waals surface area contributed by atoms with E-state index in [4.69, 9.17) is 9.47 Å². The van der Waals surface area contributed by atoms with Crippen molar-refractivity contribution in [1.82, 2.24) is 15.6 Å². The van der Waals surface area contributed by atoms with Crippen LogP contribution >= 0.6 is 0 Å². The van der Waals surface area contributed by atoms with E-state index in [-0.39, 0.29) is 26.2 Å². The average molecular weight is 385 g/mol. The van der Waals surface area contributed by atoms with E-state index in [0.29, 0.717) is 0 Å². The molecule has 2 amide bonds. The van der Waals surface area contributed by atoms with Crippen molar-refractivity contribution < 1.29 is 23.9 Å². The minimum absolute atomic E-state index is 0.0980. The third-order valence-corrected chi connectivity index (χ3v) is 3.67. The Morgan fingerprint density at radius 1 is 1.04 bits per heavy atom. The van der Waals surface area contributed by atoms with Gasteiger partial charge in [0.15, 0.2) is 0 Å². The molecule has 1 aromatic heterocycles. The lowest BCUT2D eigenvalue weighted by Gasteiger charge is -2.17. The monoisotopic (exact) mass is 385 g/mol. The molecule has 2 aromatic rings. The van der Waals surface area contributed by atoms with Crippen LogP contribution in [0.25, 0.3) is 0 Å². The second-order valence-electron chi connectivity index (χ2n) is 5.85. The van der Waals surface area contributed by atoms with Crippen LogP contribution in [0.15, 0.2) is 54.9 Å². The van der Waals surface area contributed by atoms with E-state index in [9.17, 15) is 14.4 Å². The van der Waals surface area contributed by atoms with Gasteiger partial charge in [-0.3, -0.25) is 9.78 Å². The van der Waals surface area contributed by atoms with Crippen LogP contribution in [0, 0.1) is 0 Å². The molecule has 0 fully saturated rings. The first-order chi connectivity index (χ1) is 13.6. The Balaban J connectivity index is 1.81. The zero-order valence-electron chi connectivity index (χ0n) is 15.6. The first-order valence-corrected chi connectivity index (χ1v) is 8.88. The Hall–Kier alpha value is -3.42. The van der Waals surface area contributed by atoms with E-state index >= 15 is 0 Å². The number of pyridine rings is 1. The quantitative estimate of drug-likeness (QED) is 0.635. The van der Waals surface area contributed by atoms with Crippen molar-refractivity contribution in [3.63, 3.8) is 0 Å². The minimum Gasteiger partial charge on any atom is -0.464 e. The van der Waals surface area contributed by atoms with Gasteiger partial charge >= 0.3 is 12.1 Å². The molecule has 1 aromatic carbocycles. The van der Waals surface area contributed by atoms with Crippen molar-refractivity contribution in [3.05, 3.63) is 66.0 Å². The van der Waals surface area contributed by atoms with Gasteiger partial charge in [0.2, 0.25) is 5.91 Å². The van der Waals surface area contributed by atoms with Crippen molar-refractivity contribution >= 4 is 18.0 Å². The highest BCUT2D eigenvalue weighted by atomic mass is 16.5. The van der Waals surface area contributed by atoms with E-state index in [1.807, 2.05) is 30.3 Å². The lowest BCUT2D eigenvalue weighted by Crippen LogP contribution is -2.47. The first-order valence-electron chi connectivity index (χ1n) is 8.88. The lowest BCUT2D eigenvalue weighted by atomic mass is 10.1. The number of nitrogens with one attached hydrogen (secondary N) is 2. The van der Waals surface area contributed by atoms with E-state index in [0.717, 1.165) is 11.1 Å². The van der Waals surface area contributed by atoms with Gasteiger partial charge in [-0.05, 0) is 24.1 Å². The third kappa shape index (κ3) is 7.45. The summed E-state index contributed by atoms with van der Waals surface area (Å²) in [6.45, 7) is 1.66. The molecular weight excluding hydrogens is 362 g/mol. The maximum Gasteiger partial charge on any atom is 0.407 e. The van der Waals surface area contributed by atoms with Gasteiger partial charge in [0.1, 0.15) is 19.2 Å². The lowest BCUT2D eigenvalue weighted by molar-refractivity contribution is -0.147. The molecule has 28 heavy (non-hydrogen) atoms. The molecule has 0 aliphatic rings. The molecular formula is C20H23N3O5. The molecule has 0 saturated heterocycles. The molecule has 2 rings (SSSR count). The number of ether oxygens (including phenoxy) is 2. The molecule has 1 unspecified atom stereocenters. The molecule has 0 aliphatic heterocycles. The number of hydrogen-bond donors (Lipinski definition) is 2. The maximum atomic E-state index is 12.1. The number of alkyl carbamates (subject to hydrolysis) is 1. The molecule has 0 bridgehead atoms. The number of benzene rings is 1. The Kier molecular flexibility index (Phi) is 8.45. The fourth-order valence-electron chi connectivity index (χ4n) is 2.36. The molecule has 0 aliphatic carbocycles. The fourth-order valence-corrected chi connectivity index (χ4v) is 2.36. The average Bonchev–Trinajstić information content (AvgIpc) is 2.72. The van der Waals surface area contributed by atoms with Gasteiger partial charge in [0, 0.05) is 18.8 Å². The number of aromatic nitrogens is 1. The van der Waals surface area contributed by atoms with Crippen LogP contribution < -0.4 is 10.6 Å². The minimum atomic E-state index is -0.876. The van der Waals surface area contributed by atoms with Crippen molar-refractivity contribution in [2.24, 2.45) is 0 Å². The fraction of sp³-hybridized carbons (Fsp3) is 0.300. The van der Waals surface area contributed by atoms with Gasteiger partial charge in [-0.15, -0.1) is 0 Å². The number of carbonyl (C=O) groups excluding carboxylic acids is 3. The zero-order chi connectivity index (χ0) is 20.2. The number of amides is 2. The second-order valence-corrected chi connectivity index (χ2v) is 5.85. The molecule has 0 spiro atoms. The Morgan fingerprint density at radius 2 is 1.79 bits per heavy atom. The number of carbonyl (C=O) groups is 3. The molecule has 1 atom stereocenters. The topological polar surface area (TPSA) is 107 Å². The van der Waals surface area contributed by atoms with E-state index in [1.165, 1.54) is 0 Å². The van der Waals surface area contributed by atoms with Crippen molar-refractivity contribution in [3.8, 4) is 0 Å². The van der Waals surface area contributed by atoms with Crippen LogP contribution in [0.5, 0.6) is 0 Å². The summed E-state index contributed by atoms with van der Waals surface area (Å²) in [5.41, 5.74) is 1.61. The summed E-state index contributed by atoms with van der Waals surface area (Å²) in [6, 6.07) is 11.8. The largest absolute Gasteiger partial charge is 0.464 e. The molecule has 8 nitrogen and oxygen atoms in total.